The predicted molar refractivity (Wildman–Crippen MR) is 112 cm³/mol. The summed E-state index contributed by atoms with van der Waals surface area (Å²) in [4.78, 5) is 13.3. The number of benzene rings is 2. The zero-order valence-corrected chi connectivity index (χ0v) is 17.1. The van der Waals surface area contributed by atoms with Gasteiger partial charge in [0.2, 0.25) is 5.43 Å². The molecule has 0 radical (unpaired) electrons. The maximum Gasteiger partial charge on any atom is 0.204 e. The van der Waals surface area contributed by atoms with Crippen LogP contribution >= 0.6 is 0 Å². The zero-order valence-electron chi connectivity index (χ0n) is 17.1. The number of aromatic hydroxyl groups is 2. The minimum Gasteiger partial charge on any atom is -0.507 e. The highest BCUT2D eigenvalue weighted by Crippen LogP contribution is 2.51. The first-order valence-electron chi connectivity index (χ1n) is 9.74. The summed E-state index contributed by atoms with van der Waals surface area (Å²) in [5.74, 6) is 0.197. The van der Waals surface area contributed by atoms with Gasteiger partial charge >= 0.3 is 0 Å². The highest BCUT2D eigenvalue weighted by Gasteiger charge is 2.44. The lowest BCUT2D eigenvalue weighted by Crippen LogP contribution is -2.35. The number of aliphatic hydroxyl groups is 1. The van der Waals surface area contributed by atoms with Gasteiger partial charge < -0.3 is 29.2 Å². The Balaban J connectivity index is 1.88. The van der Waals surface area contributed by atoms with Crippen molar-refractivity contribution in [2.75, 3.05) is 6.61 Å². The van der Waals surface area contributed by atoms with E-state index in [2.05, 4.69) is 0 Å². The summed E-state index contributed by atoms with van der Waals surface area (Å²) in [6.45, 7) is 7.13. The molecule has 3 aromatic rings. The van der Waals surface area contributed by atoms with Gasteiger partial charge in [0.15, 0.2) is 11.5 Å². The molecule has 1 unspecified atom stereocenters. The second kappa shape index (κ2) is 5.70. The van der Waals surface area contributed by atoms with E-state index in [-0.39, 0.29) is 45.8 Å². The van der Waals surface area contributed by atoms with Crippen molar-refractivity contribution in [2.45, 2.75) is 44.8 Å². The number of phenolic OH excluding ortho intramolecular Hbond substituents is 2. The van der Waals surface area contributed by atoms with E-state index in [1.807, 2.05) is 33.8 Å². The molecule has 0 aliphatic carbocycles. The van der Waals surface area contributed by atoms with E-state index in [1.165, 1.54) is 6.07 Å². The number of ether oxygens (including phenoxy) is 2. The Hall–Kier alpha value is -3.19. The molecule has 3 N–H and O–H groups in total. The fourth-order valence-corrected chi connectivity index (χ4v) is 4.38. The van der Waals surface area contributed by atoms with Crippen molar-refractivity contribution in [2.24, 2.45) is 0 Å². The standard InChI is InChI=1S/C23H22O7/c1-22(2)6-5-10-20-11(7-12(25)21(10)30-22)18(26)16-13(29-20)8-14-17(19(16)27)23(3,4)15(9-24)28-14/h5-8,15,24-25,27H,9H2,1-4H3. The summed E-state index contributed by atoms with van der Waals surface area (Å²) in [6, 6.07) is 2.87. The molecular weight excluding hydrogens is 388 g/mol. The maximum atomic E-state index is 13.3. The van der Waals surface area contributed by atoms with Gasteiger partial charge in [0.25, 0.3) is 0 Å². The lowest BCUT2D eigenvalue weighted by molar-refractivity contribution is 0.0885. The molecule has 1 aromatic heterocycles. The van der Waals surface area contributed by atoms with Gasteiger partial charge in [-0.2, -0.15) is 0 Å². The lowest BCUT2D eigenvalue weighted by atomic mass is 9.80. The van der Waals surface area contributed by atoms with Crippen LogP contribution in [-0.4, -0.2) is 33.6 Å². The van der Waals surface area contributed by atoms with E-state index in [9.17, 15) is 20.1 Å². The van der Waals surface area contributed by atoms with Crippen molar-refractivity contribution in [3.05, 3.63) is 39.6 Å². The average Bonchev–Trinajstić information content (AvgIpc) is 2.92. The van der Waals surface area contributed by atoms with Crippen LogP contribution in [0.5, 0.6) is 23.0 Å². The number of rotatable bonds is 1. The van der Waals surface area contributed by atoms with Crippen LogP contribution in [-0.2, 0) is 5.41 Å². The minimum absolute atomic E-state index is 0.0110. The smallest absolute Gasteiger partial charge is 0.204 e. The average molecular weight is 410 g/mol. The monoisotopic (exact) mass is 410 g/mol. The molecule has 0 saturated carbocycles. The van der Waals surface area contributed by atoms with Crippen LogP contribution in [0.15, 0.2) is 27.4 Å². The number of hydrogen-bond donors (Lipinski definition) is 3. The first-order chi connectivity index (χ1) is 14.0. The summed E-state index contributed by atoms with van der Waals surface area (Å²) >= 11 is 0. The van der Waals surface area contributed by atoms with E-state index in [0.29, 0.717) is 16.9 Å². The van der Waals surface area contributed by atoms with Crippen molar-refractivity contribution in [1.82, 2.24) is 0 Å². The zero-order chi connectivity index (χ0) is 21.6. The molecule has 30 heavy (non-hydrogen) atoms. The van der Waals surface area contributed by atoms with Crippen LogP contribution in [0, 0.1) is 0 Å². The van der Waals surface area contributed by atoms with Gasteiger partial charge in [-0.1, -0.05) is 13.8 Å². The topological polar surface area (TPSA) is 109 Å². The Morgan fingerprint density at radius 1 is 1.13 bits per heavy atom. The molecule has 2 aromatic carbocycles. The fourth-order valence-electron chi connectivity index (χ4n) is 4.38. The fraction of sp³-hybridized carbons (Fsp3) is 0.348. The van der Waals surface area contributed by atoms with E-state index in [4.69, 9.17) is 13.9 Å². The van der Waals surface area contributed by atoms with Crippen LogP contribution in [0.4, 0.5) is 0 Å². The van der Waals surface area contributed by atoms with E-state index in [0.717, 1.165) is 0 Å². The summed E-state index contributed by atoms with van der Waals surface area (Å²) in [7, 11) is 0. The molecule has 2 aliphatic heterocycles. The molecule has 0 fully saturated rings. The van der Waals surface area contributed by atoms with Crippen molar-refractivity contribution < 1.29 is 29.2 Å². The van der Waals surface area contributed by atoms with Crippen molar-refractivity contribution in [3.8, 4) is 23.0 Å². The molecule has 156 valence electrons. The Labute approximate surface area is 171 Å². The van der Waals surface area contributed by atoms with Gasteiger partial charge in [-0.15, -0.1) is 0 Å². The molecule has 1 atom stereocenters. The number of fused-ring (bicyclic) bond motifs is 5. The molecule has 3 heterocycles. The van der Waals surface area contributed by atoms with Gasteiger partial charge in [-0.3, -0.25) is 4.79 Å². The molecule has 0 amide bonds. The molecule has 7 nitrogen and oxygen atoms in total. The molecular formula is C23H22O7. The Morgan fingerprint density at radius 2 is 1.87 bits per heavy atom. The summed E-state index contributed by atoms with van der Waals surface area (Å²) < 4.78 is 17.7. The van der Waals surface area contributed by atoms with Gasteiger partial charge in [0, 0.05) is 17.0 Å². The summed E-state index contributed by atoms with van der Waals surface area (Å²) in [5.41, 5.74) is -0.472. The van der Waals surface area contributed by atoms with Crippen LogP contribution in [0.2, 0.25) is 0 Å². The van der Waals surface area contributed by atoms with Crippen LogP contribution in [0.25, 0.3) is 28.0 Å². The van der Waals surface area contributed by atoms with E-state index in [1.54, 1.807) is 12.1 Å². The van der Waals surface area contributed by atoms with E-state index >= 15 is 0 Å². The van der Waals surface area contributed by atoms with Crippen molar-refractivity contribution >= 4 is 28.0 Å². The molecule has 5 rings (SSSR count). The molecule has 7 heteroatoms. The second-order valence-electron chi connectivity index (χ2n) is 8.97. The van der Waals surface area contributed by atoms with Crippen molar-refractivity contribution in [1.29, 1.82) is 0 Å². The maximum absolute atomic E-state index is 13.3. The number of aliphatic hydroxyl groups excluding tert-OH is 1. The summed E-state index contributed by atoms with van der Waals surface area (Å²) in [6.07, 6.45) is 3.01. The predicted octanol–water partition coefficient (Wildman–Crippen LogP) is 3.57. The highest BCUT2D eigenvalue weighted by molar-refractivity contribution is 6.00. The molecule has 0 bridgehead atoms. The number of hydrogen-bond acceptors (Lipinski definition) is 7. The second-order valence-corrected chi connectivity index (χ2v) is 8.97. The van der Waals surface area contributed by atoms with Crippen LogP contribution < -0.4 is 14.9 Å². The molecule has 0 saturated heterocycles. The van der Waals surface area contributed by atoms with Gasteiger partial charge in [-0.05, 0) is 32.1 Å². The molecule has 0 spiro atoms. The van der Waals surface area contributed by atoms with Gasteiger partial charge in [-0.25, -0.2) is 0 Å². The largest absolute Gasteiger partial charge is 0.507 e. The van der Waals surface area contributed by atoms with E-state index < -0.39 is 22.5 Å². The Bertz CT molecular complexity index is 1330. The first-order valence-corrected chi connectivity index (χ1v) is 9.74. The first kappa shape index (κ1) is 18.8. The van der Waals surface area contributed by atoms with Crippen LogP contribution in [0.3, 0.4) is 0 Å². The number of phenols is 2. The minimum atomic E-state index is -0.704. The highest BCUT2D eigenvalue weighted by atomic mass is 16.5. The normalized spacial score (nSPS) is 20.6. The SMILES string of the molecule is CC1(C)C=Cc2c(c(O)cc3c(=O)c4c(O)c5c(cc4oc23)OC(CO)C5(C)C)O1. The Kier molecular flexibility index (Phi) is 3.57. The molecule has 2 aliphatic rings. The third-order valence-electron chi connectivity index (χ3n) is 6.06. The third kappa shape index (κ3) is 2.32. The van der Waals surface area contributed by atoms with Gasteiger partial charge in [0.05, 0.1) is 17.6 Å². The van der Waals surface area contributed by atoms with Crippen molar-refractivity contribution in [3.63, 3.8) is 0 Å². The quantitative estimate of drug-likeness (QED) is 0.526. The summed E-state index contributed by atoms with van der Waals surface area (Å²) in [5, 5.41) is 31.3. The third-order valence-corrected chi connectivity index (χ3v) is 6.06. The van der Waals surface area contributed by atoms with Gasteiger partial charge in [0.1, 0.15) is 39.8 Å². The Morgan fingerprint density at radius 3 is 2.57 bits per heavy atom. The lowest BCUT2D eigenvalue weighted by Gasteiger charge is -2.28. The van der Waals surface area contributed by atoms with Crippen LogP contribution in [0.1, 0.15) is 38.8 Å².